The van der Waals surface area contributed by atoms with Crippen LogP contribution >= 0.6 is 0 Å². The van der Waals surface area contributed by atoms with Gasteiger partial charge in [-0.1, -0.05) is 49.1 Å². The molecule has 0 atom stereocenters. The number of ether oxygens (including phenoxy) is 1. The van der Waals surface area contributed by atoms with Gasteiger partial charge in [0.2, 0.25) is 0 Å². The fourth-order valence-electron chi connectivity index (χ4n) is 1.84. The molecule has 1 N–H and O–H groups in total. The van der Waals surface area contributed by atoms with E-state index in [2.05, 4.69) is 43.0 Å². The van der Waals surface area contributed by atoms with Crippen molar-refractivity contribution < 1.29 is 9.84 Å². The number of rotatable bonds is 4. The molecule has 0 fully saturated rings. The zero-order valence-corrected chi connectivity index (χ0v) is 11.6. The van der Waals surface area contributed by atoms with Gasteiger partial charge in [-0.25, -0.2) is 0 Å². The lowest BCUT2D eigenvalue weighted by Crippen LogP contribution is -1.96. The average molecular weight is 266 g/mol. The van der Waals surface area contributed by atoms with Gasteiger partial charge in [0, 0.05) is 5.56 Å². The smallest absolute Gasteiger partial charge is 0.121 e. The molecule has 2 aromatic rings. The van der Waals surface area contributed by atoms with Crippen LogP contribution in [0.4, 0.5) is 0 Å². The predicted molar refractivity (Wildman–Crippen MR) is 80.6 cm³/mol. The normalized spacial score (nSPS) is 9.70. The number of aryl methyl sites for hydroxylation is 1. The van der Waals surface area contributed by atoms with Crippen molar-refractivity contribution in [3.05, 3.63) is 65.2 Å². The van der Waals surface area contributed by atoms with E-state index in [-0.39, 0.29) is 6.61 Å². The molecule has 0 radical (unpaired) electrons. The largest absolute Gasteiger partial charge is 0.489 e. The van der Waals surface area contributed by atoms with E-state index in [1.807, 2.05) is 24.3 Å². The minimum absolute atomic E-state index is 0.130. The van der Waals surface area contributed by atoms with Crippen molar-refractivity contribution in [3.63, 3.8) is 0 Å². The predicted octanol–water partition coefficient (Wildman–Crippen LogP) is 3.17. The van der Waals surface area contributed by atoms with Crippen molar-refractivity contribution in [1.29, 1.82) is 0 Å². The summed E-state index contributed by atoms with van der Waals surface area (Å²) >= 11 is 0. The molecule has 2 nitrogen and oxygen atoms in total. The third-order valence-corrected chi connectivity index (χ3v) is 2.98. The fourth-order valence-corrected chi connectivity index (χ4v) is 1.84. The first-order chi connectivity index (χ1) is 9.81. The summed E-state index contributed by atoms with van der Waals surface area (Å²) in [7, 11) is 0. The van der Waals surface area contributed by atoms with Crippen molar-refractivity contribution >= 4 is 0 Å². The lowest BCUT2D eigenvalue weighted by Gasteiger charge is -2.07. The summed E-state index contributed by atoms with van der Waals surface area (Å²) in [4.78, 5) is 0. The van der Waals surface area contributed by atoms with Crippen LogP contribution in [0.2, 0.25) is 0 Å². The Bertz CT molecular complexity index is 603. The Kier molecular flexibility index (Phi) is 5.23. The molecule has 0 bridgehead atoms. The van der Waals surface area contributed by atoms with E-state index in [1.165, 1.54) is 5.56 Å². The molecule has 0 unspecified atom stereocenters. The van der Waals surface area contributed by atoms with Gasteiger partial charge >= 0.3 is 0 Å². The second-order valence-corrected chi connectivity index (χ2v) is 4.45. The summed E-state index contributed by atoms with van der Waals surface area (Å²) in [6.45, 7) is 2.56. The second-order valence-electron chi connectivity index (χ2n) is 4.45. The van der Waals surface area contributed by atoms with E-state index in [0.717, 1.165) is 23.3 Å². The second kappa shape index (κ2) is 7.37. The first-order valence-corrected chi connectivity index (χ1v) is 6.72. The van der Waals surface area contributed by atoms with E-state index in [4.69, 9.17) is 9.84 Å². The zero-order chi connectivity index (χ0) is 14.2. The van der Waals surface area contributed by atoms with Gasteiger partial charge in [0.05, 0.1) is 0 Å². The fraction of sp³-hybridized carbons (Fsp3) is 0.222. The molecular formula is C18H18O2. The molecular weight excluding hydrogens is 248 g/mol. The highest BCUT2D eigenvalue weighted by molar-refractivity contribution is 5.39. The minimum atomic E-state index is -0.130. The maximum Gasteiger partial charge on any atom is 0.121 e. The van der Waals surface area contributed by atoms with Crippen LogP contribution in [0.1, 0.15) is 23.6 Å². The van der Waals surface area contributed by atoms with Gasteiger partial charge in [-0.2, -0.15) is 0 Å². The molecule has 20 heavy (non-hydrogen) atoms. The van der Waals surface area contributed by atoms with Crippen molar-refractivity contribution in [2.75, 3.05) is 6.61 Å². The van der Waals surface area contributed by atoms with Crippen LogP contribution in [-0.2, 0) is 13.0 Å². The van der Waals surface area contributed by atoms with Crippen LogP contribution in [-0.4, -0.2) is 11.7 Å². The monoisotopic (exact) mass is 266 g/mol. The van der Waals surface area contributed by atoms with Gasteiger partial charge in [-0.05, 0) is 35.7 Å². The van der Waals surface area contributed by atoms with Gasteiger partial charge in [0.25, 0.3) is 0 Å². The van der Waals surface area contributed by atoms with Crippen LogP contribution in [0.5, 0.6) is 5.75 Å². The highest BCUT2D eigenvalue weighted by Crippen LogP contribution is 2.15. The number of hydrogen-bond donors (Lipinski definition) is 1. The maximum atomic E-state index is 8.69. The van der Waals surface area contributed by atoms with E-state index < -0.39 is 0 Å². The van der Waals surface area contributed by atoms with Gasteiger partial charge in [-0.3, -0.25) is 0 Å². The lowest BCUT2D eigenvalue weighted by atomic mass is 10.1. The standard InChI is InChI=1S/C18H18O2/c1-2-15-8-10-17(11-9-15)14-20-18-7-3-5-16(13-18)6-4-12-19/h3,5,7-11,13,19H,2,12,14H2,1H3. The number of aliphatic hydroxyl groups is 1. The highest BCUT2D eigenvalue weighted by atomic mass is 16.5. The number of aliphatic hydroxyl groups excluding tert-OH is 1. The van der Waals surface area contributed by atoms with Gasteiger partial charge in [-0.15, -0.1) is 0 Å². The summed E-state index contributed by atoms with van der Waals surface area (Å²) < 4.78 is 5.76. The van der Waals surface area contributed by atoms with E-state index in [9.17, 15) is 0 Å². The van der Waals surface area contributed by atoms with Crippen LogP contribution < -0.4 is 4.74 Å². The van der Waals surface area contributed by atoms with Crippen molar-refractivity contribution in [3.8, 4) is 17.6 Å². The molecule has 0 aliphatic rings. The van der Waals surface area contributed by atoms with Crippen molar-refractivity contribution in [2.24, 2.45) is 0 Å². The Balaban J connectivity index is 1.99. The number of benzene rings is 2. The quantitative estimate of drug-likeness (QED) is 0.861. The highest BCUT2D eigenvalue weighted by Gasteiger charge is 1.97. The van der Waals surface area contributed by atoms with Crippen molar-refractivity contribution in [2.45, 2.75) is 20.0 Å². The molecule has 102 valence electrons. The first kappa shape index (κ1) is 14.2. The van der Waals surface area contributed by atoms with Crippen molar-refractivity contribution in [1.82, 2.24) is 0 Å². The molecule has 0 saturated carbocycles. The molecule has 0 aliphatic carbocycles. The maximum absolute atomic E-state index is 8.69. The third kappa shape index (κ3) is 4.15. The van der Waals surface area contributed by atoms with E-state index in [1.54, 1.807) is 0 Å². The molecule has 0 heterocycles. The van der Waals surface area contributed by atoms with Crippen LogP contribution in [0.25, 0.3) is 0 Å². The van der Waals surface area contributed by atoms with E-state index in [0.29, 0.717) is 6.61 Å². The summed E-state index contributed by atoms with van der Waals surface area (Å²) in [5.41, 5.74) is 3.32. The summed E-state index contributed by atoms with van der Waals surface area (Å²) in [5, 5.41) is 8.69. The minimum Gasteiger partial charge on any atom is -0.489 e. The SMILES string of the molecule is CCc1ccc(COc2cccc(C#CCO)c2)cc1. The first-order valence-electron chi connectivity index (χ1n) is 6.72. The molecule has 0 aromatic heterocycles. The molecule has 2 heteroatoms. The van der Waals surface area contributed by atoms with E-state index >= 15 is 0 Å². The van der Waals surface area contributed by atoms with Crippen LogP contribution in [0.15, 0.2) is 48.5 Å². The number of hydrogen-bond acceptors (Lipinski definition) is 2. The molecule has 2 aromatic carbocycles. The molecule has 0 saturated heterocycles. The molecule has 2 rings (SSSR count). The van der Waals surface area contributed by atoms with Gasteiger partial charge < -0.3 is 9.84 Å². The Morgan fingerprint density at radius 3 is 2.50 bits per heavy atom. The molecule has 0 amide bonds. The molecule has 0 spiro atoms. The van der Waals surface area contributed by atoms with Crippen LogP contribution in [0, 0.1) is 11.8 Å². The Labute approximate surface area is 120 Å². The molecule has 0 aliphatic heterocycles. The topological polar surface area (TPSA) is 29.5 Å². The Hall–Kier alpha value is -2.24. The van der Waals surface area contributed by atoms with Crippen LogP contribution in [0.3, 0.4) is 0 Å². The summed E-state index contributed by atoms with van der Waals surface area (Å²) in [5.74, 6) is 6.28. The Morgan fingerprint density at radius 2 is 1.80 bits per heavy atom. The average Bonchev–Trinajstić information content (AvgIpc) is 2.52. The lowest BCUT2D eigenvalue weighted by molar-refractivity contribution is 0.306. The Morgan fingerprint density at radius 1 is 1.05 bits per heavy atom. The van der Waals surface area contributed by atoms with Gasteiger partial charge in [0.1, 0.15) is 19.0 Å². The zero-order valence-electron chi connectivity index (χ0n) is 11.6. The van der Waals surface area contributed by atoms with Gasteiger partial charge in [0.15, 0.2) is 0 Å². The third-order valence-electron chi connectivity index (χ3n) is 2.98. The summed E-state index contributed by atoms with van der Waals surface area (Å²) in [6.07, 6.45) is 1.05. The summed E-state index contributed by atoms with van der Waals surface area (Å²) in [6, 6.07) is 16.0.